The Hall–Kier alpha value is -0.970. The van der Waals surface area contributed by atoms with Crippen molar-refractivity contribution in [3.8, 4) is 0 Å². The Labute approximate surface area is 179 Å². The first kappa shape index (κ1) is 27.0. The van der Waals surface area contributed by atoms with Gasteiger partial charge in [-0.15, -0.1) is 6.58 Å². The zero-order valence-electron chi connectivity index (χ0n) is 18.1. The van der Waals surface area contributed by atoms with Crippen molar-refractivity contribution in [2.75, 3.05) is 12.3 Å². The summed E-state index contributed by atoms with van der Waals surface area (Å²) in [6, 6.07) is -0.455. The fourth-order valence-electron chi connectivity index (χ4n) is 3.19. The lowest BCUT2D eigenvalue weighted by molar-refractivity contribution is -0.129. The van der Waals surface area contributed by atoms with Gasteiger partial charge in [0.15, 0.2) is 0 Å². The van der Waals surface area contributed by atoms with Gasteiger partial charge in [-0.25, -0.2) is 0 Å². The smallest absolute Gasteiger partial charge is 0.242 e. The Morgan fingerprint density at radius 3 is 2.18 bits per heavy atom. The van der Waals surface area contributed by atoms with Gasteiger partial charge >= 0.3 is 0 Å². The SMILES string of the molecule is C=CCCCCCCCCC(=O)NC(CCS)C(=O)NCCCCCCCC. The van der Waals surface area contributed by atoms with E-state index in [1.54, 1.807) is 0 Å². The van der Waals surface area contributed by atoms with E-state index in [1.165, 1.54) is 51.4 Å². The monoisotopic (exact) mass is 412 g/mol. The molecule has 0 heterocycles. The molecule has 0 radical (unpaired) electrons. The summed E-state index contributed by atoms with van der Waals surface area (Å²) in [5.41, 5.74) is 0. The van der Waals surface area contributed by atoms with Crippen molar-refractivity contribution in [3.05, 3.63) is 12.7 Å². The van der Waals surface area contributed by atoms with Crippen LogP contribution in [-0.2, 0) is 9.59 Å². The number of rotatable bonds is 20. The van der Waals surface area contributed by atoms with Crippen molar-refractivity contribution in [1.82, 2.24) is 10.6 Å². The van der Waals surface area contributed by atoms with Gasteiger partial charge in [0.1, 0.15) is 6.04 Å². The predicted molar refractivity (Wildman–Crippen MR) is 124 cm³/mol. The molecule has 2 amide bonds. The van der Waals surface area contributed by atoms with E-state index >= 15 is 0 Å². The summed E-state index contributed by atoms with van der Waals surface area (Å²) in [6.07, 6.45) is 18.1. The largest absolute Gasteiger partial charge is 0.354 e. The number of carbonyl (C=O) groups is 2. The highest BCUT2D eigenvalue weighted by molar-refractivity contribution is 7.80. The Kier molecular flexibility index (Phi) is 20.0. The van der Waals surface area contributed by atoms with E-state index in [0.29, 0.717) is 25.1 Å². The molecule has 1 unspecified atom stereocenters. The summed E-state index contributed by atoms with van der Waals surface area (Å²) < 4.78 is 0. The van der Waals surface area contributed by atoms with E-state index in [1.807, 2.05) is 6.08 Å². The first-order valence-corrected chi connectivity index (χ1v) is 12.1. The number of amides is 2. The molecule has 164 valence electrons. The summed E-state index contributed by atoms with van der Waals surface area (Å²) in [4.78, 5) is 24.5. The molecule has 0 saturated heterocycles. The van der Waals surface area contributed by atoms with Gasteiger partial charge in [0.2, 0.25) is 11.8 Å². The standard InChI is InChI=1S/C23H44N2O2S/c1-3-5-7-9-11-12-13-15-17-22(26)25-21(18-20-28)23(27)24-19-16-14-10-8-6-4-2/h3,21,28H,1,4-20H2,2H3,(H,24,27)(H,25,26). The Balaban J connectivity index is 3.86. The fraction of sp³-hybridized carbons (Fsp3) is 0.826. The van der Waals surface area contributed by atoms with Crippen LogP contribution in [0.2, 0.25) is 0 Å². The average molecular weight is 413 g/mol. The summed E-state index contributed by atoms with van der Waals surface area (Å²) in [7, 11) is 0. The van der Waals surface area contributed by atoms with Crippen LogP contribution in [0, 0.1) is 0 Å². The molecule has 0 bridgehead atoms. The van der Waals surface area contributed by atoms with Crippen LogP contribution >= 0.6 is 12.6 Å². The lowest BCUT2D eigenvalue weighted by atomic mass is 10.1. The van der Waals surface area contributed by atoms with Gasteiger partial charge in [-0.2, -0.15) is 12.6 Å². The number of nitrogens with one attached hydrogen (secondary N) is 2. The maximum Gasteiger partial charge on any atom is 0.242 e. The number of unbranched alkanes of at least 4 members (excludes halogenated alkanes) is 11. The molecule has 0 aromatic rings. The van der Waals surface area contributed by atoms with Gasteiger partial charge in [-0.3, -0.25) is 9.59 Å². The summed E-state index contributed by atoms with van der Waals surface area (Å²) in [6.45, 7) is 6.63. The zero-order chi connectivity index (χ0) is 20.9. The van der Waals surface area contributed by atoms with E-state index in [0.717, 1.165) is 32.1 Å². The number of carbonyl (C=O) groups excluding carboxylic acids is 2. The molecule has 1 atom stereocenters. The second kappa shape index (κ2) is 20.8. The lowest BCUT2D eigenvalue weighted by Crippen LogP contribution is -2.47. The van der Waals surface area contributed by atoms with Gasteiger partial charge in [0.25, 0.3) is 0 Å². The molecule has 5 heteroatoms. The second-order valence-electron chi connectivity index (χ2n) is 7.64. The van der Waals surface area contributed by atoms with Crippen molar-refractivity contribution in [2.45, 2.75) is 109 Å². The van der Waals surface area contributed by atoms with Crippen LogP contribution in [0.3, 0.4) is 0 Å². The number of thiol groups is 1. The van der Waals surface area contributed by atoms with E-state index < -0.39 is 6.04 Å². The molecule has 0 aromatic heterocycles. The molecule has 0 spiro atoms. The molecule has 0 rings (SSSR count). The average Bonchev–Trinajstić information content (AvgIpc) is 2.68. The normalized spacial score (nSPS) is 11.8. The highest BCUT2D eigenvalue weighted by Gasteiger charge is 2.19. The fourth-order valence-corrected chi connectivity index (χ4v) is 3.44. The van der Waals surface area contributed by atoms with E-state index in [2.05, 4.69) is 36.8 Å². The van der Waals surface area contributed by atoms with Crippen LogP contribution in [-0.4, -0.2) is 30.2 Å². The van der Waals surface area contributed by atoms with Gasteiger partial charge < -0.3 is 10.6 Å². The van der Waals surface area contributed by atoms with Crippen LogP contribution in [0.25, 0.3) is 0 Å². The third kappa shape index (κ3) is 17.2. The maximum atomic E-state index is 12.3. The van der Waals surface area contributed by atoms with Crippen molar-refractivity contribution in [2.24, 2.45) is 0 Å². The molecule has 0 aliphatic rings. The molecule has 4 nitrogen and oxygen atoms in total. The Bertz CT molecular complexity index is 402. The minimum Gasteiger partial charge on any atom is -0.354 e. The minimum absolute atomic E-state index is 0.0202. The van der Waals surface area contributed by atoms with Gasteiger partial charge in [-0.1, -0.05) is 70.8 Å². The topological polar surface area (TPSA) is 58.2 Å². The van der Waals surface area contributed by atoms with Crippen molar-refractivity contribution in [3.63, 3.8) is 0 Å². The number of hydrogen-bond donors (Lipinski definition) is 3. The van der Waals surface area contributed by atoms with Crippen molar-refractivity contribution in [1.29, 1.82) is 0 Å². The number of hydrogen-bond acceptors (Lipinski definition) is 3. The number of allylic oxidation sites excluding steroid dienone is 1. The highest BCUT2D eigenvalue weighted by atomic mass is 32.1. The molecule has 0 fully saturated rings. The molecule has 0 aliphatic carbocycles. The van der Waals surface area contributed by atoms with Gasteiger partial charge in [0.05, 0.1) is 0 Å². The third-order valence-electron chi connectivity index (χ3n) is 4.96. The molecule has 0 saturated carbocycles. The van der Waals surface area contributed by atoms with Crippen LogP contribution in [0.5, 0.6) is 0 Å². The first-order chi connectivity index (χ1) is 13.7. The van der Waals surface area contributed by atoms with Crippen LogP contribution < -0.4 is 10.6 Å². The van der Waals surface area contributed by atoms with E-state index in [4.69, 9.17) is 0 Å². The van der Waals surface area contributed by atoms with E-state index in [9.17, 15) is 9.59 Å². The van der Waals surface area contributed by atoms with Gasteiger partial charge in [-0.05, 0) is 37.9 Å². The highest BCUT2D eigenvalue weighted by Crippen LogP contribution is 2.09. The molecule has 0 aliphatic heterocycles. The predicted octanol–water partition coefficient (Wildman–Crippen LogP) is 5.57. The Morgan fingerprint density at radius 2 is 1.54 bits per heavy atom. The van der Waals surface area contributed by atoms with Gasteiger partial charge in [0, 0.05) is 13.0 Å². The zero-order valence-corrected chi connectivity index (χ0v) is 19.0. The molecule has 0 aromatic carbocycles. The summed E-state index contributed by atoms with van der Waals surface area (Å²) in [5, 5.41) is 5.86. The first-order valence-electron chi connectivity index (χ1n) is 11.4. The molecule has 28 heavy (non-hydrogen) atoms. The molecular weight excluding hydrogens is 368 g/mol. The van der Waals surface area contributed by atoms with Crippen LogP contribution in [0.1, 0.15) is 103 Å². The van der Waals surface area contributed by atoms with Crippen molar-refractivity contribution < 1.29 is 9.59 Å². The molecular formula is C23H44N2O2S. The van der Waals surface area contributed by atoms with Crippen LogP contribution in [0.15, 0.2) is 12.7 Å². The van der Waals surface area contributed by atoms with E-state index in [-0.39, 0.29) is 11.8 Å². The summed E-state index contributed by atoms with van der Waals surface area (Å²) >= 11 is 4.23. The minimum atomic E-state index is -0.455. The quantitative estimate of drug-likeness (QED) is 0.139. The lowest BCUT2D eigenvalue weighted by Gasteiger charge is -2.17. The third-order valence-corrected chi connectivity index (χ3v) is 5.22. The second-order valence-corrected chi connectivity index (χ2v) is 8.09. The molecule has 2 N–H and O–H groups in total. The Morgan fingerprint density at radius 1 is 0.929 bits per heavy atom. The summed E-state index contributed by atoms with van der Waals surface area (Å²) in [5.74, 6) is 0.492. The maximum absolute atomic E-state index is 12.3. The van der Waals surface area contributed by atoms with Crippen molar-refractivity contribution >= 4 is 24.4 Å². The van der Waals surface area contributed by atoms with Crippen LogP contribution in [0.4, 0.5) is 0 Å².